The molecule has 0 heterocycles. The summed E-state index contributed by atoms with van der Waals surface area (Å²) in [7, 11) is 0. The zero-order valence-corrected chi connectivity index (χ0v) is 13.9. The second-order valence-corrected chi connectivity index (χ2v) is 10.7. The summed E-state index contributed by atoms with van der Waals surface area (Å²) >= 11 is -1.87. The van der Waals surface area contributed by atoms with Crippen LogP contribution in [0.15, 0.2) is 64.0 Å². The second-order valence-electron chi connectivity index (χ2n) is 5.47. The van der Waals surface area contributed by atoms with E-state index in [0.29, 0.717) is 0 Å². The Hall–Kier alpha value is -1.33. The number of fused-ring (bicyclic) bond motifs is 3. The summed E-state index contributed by atoms with van der Waals surface area (Å²) in [5, 5.41) is 0. The Bertz CT molecular complexity index is 778. The molecule has 2 aromatic carbocycles. The molecule has 0 nitrogen and oxygen atoms in total. The molecule has 0 unspecified atom stereocenters. The number of rotatable bonds is 2. The first-order chi connectivity index (χ1) is 9.84. The predicted octanol–water partition coefficient (Wildman–Crippen LogP) is 4.41. The molecule has 2 aliphatic carbocycles. The molecule has 0 atom stereocenters. The van der Waals surface area contributed by atoms with Gasteiger partial charge in [-0.05, 0) is 0 Å². The third-order valence-electron chi connectivity index (χ3n) is 4.33. The molecule has 21 heavy (non-hydrogen) atoms. The standard InChI is InChI=1S/C13H9.C5H5.CH4.CH2.Zr/c1-3-7-12-10(5-1)9-11-6-2-4-8-13(11)12;1-2-4-5-3-1;;;/h1-5,7-8H,9H2;1-3H,4H2;1H4;1H2;. The van der Waals surface area contributed by atoms with Gasteiger partial charge in [0, 0.05) is 0 Å². The summed E-state index contributed by atoms with van der Waals surface area (Å²) in [6.45, 7) is 0. The molecule has 0 spiro atoms. The molecular formula is C20H20Zr. The molecule has 0 bridgehead atoms. The topological polar surface area (TPSA) is 0 Å². The molecule has 0 fully saturated rings. The van der Waals surface area contributed by atoms with Crippen molar-refractivity contribution in [3.05, 3.63) is 75.1 Å². The SMILES string of the molecule is C.[CH2]=[Zr]([C]1=CC=CC1)[c]1cccc2c1Cc1ccccc1-2. The third kappa shape index (κ3) is 2.38. The Balaban J connectivity index is 0.00000132. The molecule has 0 radical (unpaired) electrons. The molecule has 0 aromatic heterocycles. The summed E-state index contributed by atoms with van der Waals surface area (Å²) in [5.41, 5.74) is 5.92. The first-order valence-corrected chi connectivity index (χ1v) is 11.3. The van der Waals surface area contributed by atoms with Gasteiger partial charge < -0.3 is 0 Å². The maximum atomic E-state index is 4.62. The first-order valence-electron chi connectivity index (χ1n) is 7.10. The predicted molar refractivity (Wildman–Crippen MR) is 90.0 cm³/mol. The van der Waals surface area contributed by atoms with Gasteiger partial charge in [-0.3, -0.25) is 0 Å². The fourth-order valence-electron chi connectivity index (χ4n) is 3.28. The molecule has 4 rings (SSSR count). The Morgan fingerprint density at radius 2 is 1.76 bits per heavy atom. The summed E-state index contributed by atoms with van der Waals surface area (Å²) in [6.07, 6.45) is 9.00. The van der Waals surface area contributed by atoms with E-state index in [1.165, 1.54) is 16.7 Å². The zero-order valence-electron chi connectivity index (χ0n) is 11.4. The fourth-order valence-corrected chi connectivity index (χ4v) is 7.94. The Kier molecular flexibility index (Phi) is 4.04. The number of allylic oxidation sites excluding steroid dienone is 4. The summed E-state index contributed by atoms with van der Waals surface area (Å²) in [6, 6.07) is 15.7. The monoisotopic (exact) mass is 350 g/mol. The minimum atomic E-state index is -1.87. The van der Waals surface area contributed by atoms with Crippen LogP contribution >= 0.6 is 0 Å². The first kappa shape index (κ1) is 14.6. The van der Waals surface area contributed by atoms with Crippen LogP contribution in [-0.4, -0.2) is 4.21 Å². The van der Waals surface area contributed by atoms with Crippen LogP contribution < -0.4 is 3.27 Å². The van der Waals surface area contributed by atoms with Gasteiger partial charge in [0.05, 0.1) is 0 Å². The zero-order chi connectivity index (χ0) is 13.5. The van der Waals surface area contributed by atoms with E-state index >= 15 is 0 Å². The Morgan fingerprint density at radius 3 is 2.57 bits per heavy atom. The molecule has 0 N–H and O–H groups in total. The van der Waals surface area contributed by atoms with Crippen molar-refractivity contribution >= 4 is 7.48 Å². The Morgan fingerprint density at radius 1 is 0.952 bits per heavy atom. The van der Waals surface area contributed by atoms with Crippen LogP contribution in [0.2, 0.25) is 0 Å². The van der Waals surface area contributed by atoms with Crippen LogP contribution in [0.1, 0.15) is 25.0 Å². The van der Waals surface area contributed by atoms with Crippen molar-refractivity contribution in [2.24, 2.45) is 0 Å². The van der Waals surface area contributed by atoms with Gasteiger partial charge in [-0.25, -0.2) is 0 Å². The van der Waals surface area contributed by atoms with Crippen LogP contribution in [0.25, 0.3) is 11.1 Å². The summed E-state index contributed by atoms with van der Waals surface area (Å²) in [5.74, 6) is 0. The van der Waals surface area contributed by atoms with E-state index < -0.39 is 21.3 Å². The number of hydrogen-bond donors (Lipinski definition) is 0. The van der Waals surface area contributed by atoms with Gasteiger partial charge in [-0.2, -0.15) is 0 Å². The van der Waals surface area contributed by atoms with Gasteiger partial charge in [0.15, 0.2) is 0 Å². The average Bonchev–Trinajstić information content (AvgIpc) is 3.13. The average molecular weight is 352 g/mol. The van der Waals surface area contributed by atoms with Crippen molar-refractivity contribution in [2.75, 3.05) is 0 Å². The maximum absolute atomic E-state index is 4.62. The molecule has 0 aliphatic heterocycles. The van der Waals surface area contributed by atoms with Gasteiger partial charge in [-0.15, -0.1) is 0 Å². The fraction of sp³-hybridized carbons (Fsp3) is 0.150. The van der Waals surface area contributed by atoms with E-state index in [4.69, 9.17) is 0 Å². The third-order valence-corrected chi connectivity index (χ3v) is 9.90. The molecule has 2 aliphatic rings. The molecule has 104 valence electrons. The van der Waals surface area contributed by atoms with Crippen molar-refractivity contribution < 1.29 is 21.3 Å². The van der Waals surface area contributed by atoms with Crippen molar-refractivity contribution in [2.45, 2.75) is 20.3 Å². The van der Waals surface area contributed by atoms with Crippen molar-refractivity contribution in [3.8, 4) is 11.1 Å². The van der Waals surface area contributed by atoms with E-state index in [-0.39, 0.29) is 7.43 Å². The van der Waals surface area contributed by atoms with E-state index in [1.807, 2.05) is 0 Å². The van der Waals surface area contributed by atoms with Crippen LogP contribution in [-0.2, 0) is 27.7 Å². The van der Waals surface area contributed by atoms with Crippen LogP contribution in [0, 0.1) is 0 Å². The van der Waals surface area contributed by atoms with Crippen molar-refractivity contribution in [3.63, 3.8) is 0 Å². The quantitative estimate of drug-likeness (QED) is 0.641. The van der Waals surface area contributed by atoms with Crippen LogP contribution in [0.5, 0.6) is 0 Å². The Labute approximate surface area is 135 Å². The van der Waals surface area contributed by atoms with Gasteiger partial charge in [0.25, 0.3) is 0 Å². The molecule has 0 saturated carbocycles. The van der Waals surface area contributed by atoms with Crippen molar-refractivity contribution in [1.82, 2.24) is 0 Å². The van der Waals surface area contributed by atoms with E-state index in [9.17, 15) is 0 Å². The van der Waals surface area contributed by atoms with Gasteiger partial charge in [0.2, 0.25) is 0 Å². The van der Waals surface area contributed by atoms with Crippen LogP contribution in [0.4, 0.5) is 0 Å². The minimum absolute atomic E-state index is 0. The summed E-state index contributed by atoms with van der Waals surface area (Å²) in [4.78, 5) is 0. The molecule has 0 amide bonds. The van der Waals surface area contributed by atoms with E-state index in [1.54, 1.807) is 12.1 Å². The van der Waals surface area contributed by atoms with Crippen LogP contribution in [0.3, 0.4) is 0 Å². The van der Waals surface area contributed by atoms with E-state index in [2.05, 4.69) is 64.9 Å². The molecular weight excluding hydrogens is 331 g/mol. The summed E-state index contributed by atoms with van der Waals surface area (Å²) < 4.78 is 7.83. The van der Waals surface area contributed by atoms with Gasteiger partial charge in [0.1, 0.15) is 0 Å². The molecule has 2 aromatic rings. The molecule has 1 heteroatoms. The number of benzene rings is 2. The molecule has 0 saturated heterocycles. The normalized spacial score (nSPS) is 14.2. The second kappa shape index (κ2) is 5.81. The van der Waals surface area contributed by atoms with E-state index in [0.717, 1.165) is 12.8 Å². The number of hydrogen-bond acceptors (Lipinski definition) is 0. The van der Waals surface area contributed by atoms with Crippen molar-refractivity contribution in [1.29, 1.82) is 0 Å². The van der Waals surface area contributed by atoms with Gasteiger partial charge in [-0.1, -0.05) is 7.43 Å². The van der Waals surface area contributed by atoms with Gasteiger partial charge >= 0.3 is 128 Å².